The summed E-state index contributed by atoms with van der Waals surface area (Å²) in [5, 5.41) is 11.9. The van der Waals surface area contributed by atoms with E-state index in [0.29, 0.717) is 4.90 Å². The Morgan fingerprint density at radius 1 is 1.17 bits per heavy atom. The van der Waals surface area contributed by atoms with E-state index in [4.69, 9.17) is 4.74 Å². The van der Waals surface area contributed by atoms with Crippen LogP contribution in [-0.4, -0.2) is 46.5 Å². The molecule has 2 N–H and O–H groups in total. The molecule has 0 aromatic heterocycles. The van der Waals surface area contributed by atoms with Crippen LogP contribution in [0, 0.1) is 0 Å². The predicted octanol–water partition coefficient (Wildman–Crippen LogP) is -0.0507. The Morgan fingerprint density at radius 2 is 1.78 bits per heavy atom. The van der Waals surface area contributed by atoms with Gasteiger partial charge in [-0.2, -0.15) is 0 Å². The van der Waals surface area contributed by atoms with Gasteiger partial charge in [0.1, 0.15) is 6.61 Å². The quantitative estimate of drug-likeness (QED) is 0.735. The molecule has 23 heavy (non-hydrogen) atoms. The van der Waals surface area contributed by atoms with Crippen LogP contribution in [0.3, 0.4) is 0 Å². The average molecular weight is 320 g/mol. The van der Waals surface area contributed by atoms with Gasteiger partial charge in [-0.1, -0.05) is 30.3 Å². The number of alkyl carbamates (subject to hydrolysis) is 1. The predicted molar refractivity (Wildman–Crippen MR) is 76.7 cm³/mol. The Morgan fingerprint density at radius 3 is 2.39 bits per heavy atom. The molecule has 0 bridgehead atoms. The lowest BCUT2D eigenvalue weighted by atomic mass is 10.2. The highest BCUT2D eigenvalue weighted by atomic mass is 16.5. The smallest absolute Gasteiger partial charge is 0.407 e. The zero-order chi connectivity index (χ0) is 16.8. The van der Waals surface area contributed by atoms with Gasteiger partial charge >= 0.3 is 6.09 Å². The summed E-state index contributed by atoms with van der Waals surface area (Å²) in [4.78, 5) is 46.5. The molecule has 1 aliphatic heterocycles. The highest BCUT2D eigenvalue weighted by Gasteiger charge is 2.37. The van der Waals surface area contributed by atoms with Gasteiger partial charge in [0.2, 0.25) is 11.8 Å². The van der Waals surface area contributed by atoms with Crippen molar-refractivity contribution < 1.29 is 29.0 Å². The number of ether oxygens (including phenoxy) is 1. The molecule has 1 aliphatic rings. The summed E-state index contributed by atoms with van der Waals surface area (Å²) >= 11 is 0. The Labute approximate surface area is 132 Å². The highest BCUT2D eigenvalue weighted by molar-refractivity contribution is 6.16. The Bertz CT molecular complexity index is 600. The first-order valence-electron chi connectivity index (χ1n) is 7.01. The molecule has 2 rings (SSSR count). The van der Waals surface area contributed by atoms with Crippen molar-refractivity contribution in [3.8, 4) is 0 Å². The maximum atomic E-state index is 11.8. The van der Waals surface area contributed by atoms with Crippen LogP contribution in [-0.2, 0) is 25.7 Å². The molecule has 0 spiro atoms. The zero-order valence-corrected chi connectivity index (χ0v) is 12.2. The molecule has 0 saturated carbocycles. The molecule has 0 unspecified atom stereocenters. The molecule has 8 heteroatoms. The van der Waals surface area contributed by atoms with Crippen LogP contribution in [0.4, 0.5) is 4.79 Å². The normalized spacial score (nSPS) is 15.4. The molecular formula is C15H16N2O6. The molecule has 1 saturated heterocycles. The summed E-state index contributed by atoms with van der Waals surface area (Å²) in [6.45, 7) is -0.413. The summed E-state index contributed by atoms with van der Waals surface area (Å²) in [5.74, 6) is -2.34. The number of amides is 4. The van der Waals surface area contributed by atoms with E-state index in [1.807, 2.05) is 6.07 Å². The SMILES string of the molecule is O=C(NC[C@H](O)C(=O)N1C(=O)CCC1=O)OCc1ccccc1. The number of likely N-dealkylation sites (tertiary alicyclic amines) is 1. The maximum absolute atomic E-state index is 11.8. The van der Waals surface area contributed by atoms with Crippen LogP contribution in [0.5, 0.6) is 0 Å². The molecule has 0 aliphatic carbocycles. The third-order valence-corrected chi connectivity index (χ3v) is 3.21. The first kappa shape index (κ1) is 16.6. The number of hydrogen-bond acceptors (Lipinski definition) is 6. The first-order valence-corrected chi connectivity index (χ1v) is 7.01. The number of nitrogens with zero attached hydrogens (tertiary/aromatic N) is 1. The summed E-state index contributed by atoms with van der Waals surface area (Å²) in [7, 11) is 0. The fraction of sp³-hybridized carbons (Fsp3) is 0.333. The second kappa shape index (κ2) is 7.50. The first-order chi connectivity index (χ1) is 11.0. The van der Waals surface area contributed by atoms with Crippen molar-refractivity contribution in [3.05, 3.63) is 35.9 Å². The van der Waals surface area contributed by atoms with Gasteiger partial charge in [-0.05, 0) is 5.56 Å². The van der Waals surface area contributed by atoms with Gasteiger partial charge in [-0.25, -0.2) is 9.69 Å². The van der Waals surface area contributed by atoms with Gasteiger partial charge < -0.3 is 15.2 Å². The molecular weight excluding hydrogens is 304 g/mol. The van der Waals surface area contributed by atoms with Crippen LogP contribution in [0.25, 0.3) is 0 Å². The van der Waals surface area contributed by atoms with E-state index < -0.39 is 36.5 Å². The minimum Gasteiger partial charge on any atom is -0.445 e. The van der Waals surface area contributed by atoms with E-state index in [2.05, 4.69) is 5.32 Å². The average Bonchev–Trinajstić information content (AvgIpc) is 2.89. The minimum absolute atomic E-state index is 0.0415. The number of nitrogens with one attached hydrogen (secondary N) is 1. The zero-order valence-electron chi connectivity index (χ0n) is 12.2. The van der Waals surface area contributed by atoms with Crippen molar-refractivity contribution in [1.82, 2.24) is 10.2 Å². The number of benzene rings is 1. The largest absolute Gasteiger partial charge is 0.445 e. The van der Waals surface area contributed by atoms with Crippen LogP contribution in [0.2, 0.25) is 0 Å². The van der Waals surface area contributed by atoms with Crippen molar-refractivity contribution >= 4 is 23.8 Å². The molecule has 122 valence electrons. The van der Waals surface area contributed by atoms with Gasteiger partial charge in [-0.3, -0.25) is 14.4 Å². The molecule has 1 fully saturated rings. The number of carbonyl (C=O) groups is 4. The van der Waals surface area contributed by atoms with Crippen molar-refractivity contribution in [2.24, 2.45) is 0 Å². The summed E-state index contributed by atoms with van der Waals surface area (Å²) < 4.78 is 4.91. The number of carbonyl (C=O) groups excluding carboxylic acids is 4. The summed E-state index contributed by atoms with van der Waals surface area (Å²) in [5.41, 5.74) is 0.785. The Balaban J connectivity index is 1.76. The van der Waals surface area contributed by atoms with Gasteiger partial charge in [0.15, 0.2) is 6.10 Å². The monoisotopic (exact) mass is 320 g/mol. The van der Waals surface area contributed by atoms with E-state index in [1.54, 1.807) is 24.3 Å². The molecule has 8 nitrogen and oxygen atoms in total. The van der Waals surface area contributed by atoms with E-state index in [-0.39, 0.29) is 19.4 Å². The Hall–Kier alpha value is -2.74. The number of aliphatic hydroxyl groups is 1. The fourth-order valence-corrected chi connectivity index (χ4v) is 2.01. The highest BCUT2D eigenvalue weighted by Crippen LogP contribution is 2.13. The molecule has 1 aromatic carbocycles. The standard InChI is InChI=1S/C15H16N2O6/c18-11(14(21)17-12(19)6-7-13(17)20)8-16-15(22)23-9-10-4-2-1-3-5-10/h1-5,11,18H,6-9H2,(H,16,22)/t11-/m0/s1. The minimum atomic E-state index is -1.69. The molecule has 1 heterocycles. The summed E-state index contributed by atoms with van der Waals surface area (Å²) in [6.07, 6.45) is -2.61. The van der Waals surface area contributed by atoms with Crippen LogP contribution >= 0.6 is 0 Å². The number of aliphatic hydroxyl groups excluding tert-OH is 1. The number of hydrogen-bond donors (Lipinski definition) is 2. The Kier molecular flexibility index (Phi) is 5.42. The lowest BCUT2D eigenvalue weighted by Gasteiger charge is -2.16. The van der Waals surface area contributed by atoms with E-state index in [9.17, 15) is 24.3 Å². The second-order valence-electron chi connectivity index (χ2n) is 4.92. The third-order valence-electron chi connectivity index (χ3n) is 3.21. The van der Waals surface area contributed by atoms with Crippen LogP contribution in [0.1, 0.15) is 18.4 Å². The van der Waals surface area contributed by atoms with Crippen molar-refractivity contribution in [2.75, 3.05) is 6.54 Å². The van der Waals surface area contributed by atoms with Crippen LogP contribution < -0.4 is 5.32 Å². The lowest BCUT2D eigenvalue weighted by Crippen LogP contribution is -2.47. The fourth-order valence-electron chi connectivity index (χ4n) is 2.01. The van der Waals surface area contributed by atoms with Crippen molar-refractivity contribution in [3.63, 3.8) is 0 Å². The topological polar surface area (TPSA) is 113 Å². The van der Waals surface area contributed by atoms with Crippen LogP contribution in [0.15, 0.2) is 30.3 Å². The number of imide groups is 3. The molecule has 0 radical (unpaired) electrons. The summed E-state index contributed by atoms with van der Waals surface area (Å²) in [6, 6.07) is 8.96. The van der Waals surface area contributed by atoms with Gasteiger partial charge in [0, 0.05) is 12.8 Å². The van der Waals surface area contributed by atoms with Gasteiger partial charge in [0.05, 0.1) is 6.54 Å². The van der Waals surface area contributed by atoms with Crippen molar-refractivity contribution in [2.45, 2.75) is 25.6 Å². The van der Waals surface area contributed by atoms with Gasteiger partial charge in [-0.15, -0.1) is 0 Å². The molecule has 1 atom stereocenters. The number of rotatable bonds is 5. The van der Waals surface area contributed by atoms with E-state index in [0.717, 1.165) is 5.56 Å². The third kappa shape index (κ3) is 4.36. The maximum Gasteiger partial charge on any atom is 0.407 e. The van der Waals surface area contributed by atoms with E-state index >= 15 is 0 Å². The molecule has 1 aromatic rings. The second-order valence-corrected chi connectivity index (χ2v) is 4.92. The lowest BCUT2D eigenvalue weighted by molar-refractivity contribution is -0.154. The van der Waals surface area contributed by atoms with Crippen molar-refractivity contribution in [1.29, 1.82) is 0 Å². The van der Waals surface area contributed by atoms with E-state index in [1.165, 1.54) is 0 Å². The molecule has 4 amide bonds. The van der Waals surface area contributed by atoms with Gasteiger partial charge in [0.25, 0.3) is 5.91 Å².